The van der Waals surface area contributed by atoms with Gasteiger partial charge in [0, 0.05) is 18.5 Å². The SMILES string of the molecule is COc1ccc(-c2coc3ncnc(NCCCCCC(=O)O)c23)cc1. The van der Waals surface area contributed by atoms with Crippen LogP contribution in [-0.4, -0.2) is 34.7 Å². The number of aromatic nitrogens is 2. The second-order valence-corrected chi connectivity index (χ2v) is 5.91. The summed E-state index contributed by atoms with van der Waals surface area (Å²) in [6.45, 7) is 0.707. The van der Waals surface area contributed by atoms with Crippen molar-refractivity contribution in [3.05, 3.63) is 36.9 Å². The molecule has 2 N–H and O–H groups in total. The predicted octanol–water partition coefficient (Wildman–Crippen LogP) is 3.96. The third-order valence-corrected chi connectivity index (χ3v) is 4.13. The van der Waals surface area contributed by atoms with E-state index in [2.05, 4.69) is 15.3 Å². The van der Waals surface area contributed by atoms with Crippen LogP contribution < -0.4 is 10.1 Å². The van der Waals surface area contributed by atoms with Gasteiger partial charge in [-0.2, -0.15) is 0 Å². The van der Waals surface area contributed by atoms with E-state index >= 15 is 0 Å². The molecule has 0 unspecified atom stereocenters. The molecule has 0 aliphatic rings. The fourth-order valence-electron chi connectivity index (χ4n) is 2.78. The smallest absolute Gasteiger partial charge is 0.303 e. The summed E-state index contributed by atoms with van der Waals surface area (Å²) in [5.41, 5.74) is 2.43. The third kappa shape index (κ3) is 4.11. The molecular formula is C19H21N3O4. The highest BCUT2D eigenvalue weighted by atomic mass is 16.5. The standard InChI is InChI=1S/C19H21N3O4/c1-25-14-8-6-13(7-9-14)15-11-26-19-17(15)18(21-12-22-19)20-10-4-2-3-5-16(23)24/h6-9,11-12H,2-5,10H2,1H3,(H,23,24)(H,20,21,22). The number of hydrogen-bond donors (Lipinski definition) is 2. The number of anilines is 1. The summed E-state index contributed by atoms with van der Waals surface area (Å²) in [6, 6.07) is 7.72. The van der Waals surface area contributed by atoms with E-state index in [1.807, 2.05) is 24.3 Å². The number of ether oxygens (including phenoxy) is 1. The van der Waals surface area contributed by atoms with E-state index in [1.165, 1.54) is 6.33 Å². The van der Waals surface area contributed by atoms with Gasteiger partial charge in [-0.1, -0.05) is 18.6 Å². The third-order valence-electron chi connectivity index (χ3n) is 4.13. The molecule has 0 fully saturated rings. The van der Waals surface area contributed by atoms with Gasteiger partial charge in [0.05, 0.1) is 12.5 Å². The zero-order chi connectivity index (χ0) is 18.4. The van der Waals surface area contributed by atoms with Crippen LogP contribution >= 0.6 is 0 Å². The summed E-state index contributed by atoms with van der Waals surface area (Å²) in [5.74, 6) is 0.753. The lowest BCUT2D eigenvalue weighted by Gasteiger charge is -2.07. The molecule has 2 aromatic heterocycles. The van der Waals surface area contributed by atoms with Crippen molar-refractivity contribution >= 4 is 22.9 Å². The van der Waals surface area contributed by atoms with Crippen molar-refractivity contribution in [3.8, 4) is 16.9 Å². The minimum Gasteiger partial charge on any atom is -0.497 e. The zero-order valence-corrected chi connectivity index (χ0v) is 14.6. The maximum atomic E-state index is 10.5. The van der Waals surface area contributed by atoms with E-state index in [0.717, 1.165) is 35.1 Å². The van der Waals surface area contributed by atoms with E-state index in [9.17, 15) is 4.79 Å². The van der Waals surface area contributed by atoms with Gasteiger partial charge in [-0.25, -0.2) is 9.97 Å². The van der Waals surface area contributed by atoms with Crippen LogP contribution in [0.1, 0.15) is 25.7 Å². The Morgan fingerprint density at radius 3 is 2.73 bits per heavy atom. The zero-order valence-electron chi connectivity index (χ0n) is 14.6. The molecule has 0 spiro atoms. The van der Waals surface area contributed by atoms with Gasteiger partial charge in [-0.3, -0.25) is 4.79 Å². The molecular weight excluding hydrogens is 334 g/mol. The van der Waals surface area contributed by atoms with E-state index in [1.54, 1.807) is 13.4 Å². The molecule has 7 nitrogen and oxygen atoms in total. The van der Waals surface area contributed by atoms with Crippen LogP contribution in [0.3, 0.4) is 0 Å². The van der Waals surface area contributed by atoms with Crippen molar-refractivity contribution in [1.29, 1.82) is 0 Å². The summed E-state index contributed by atoms with van der Waals surface area (Å²) in [6.07, 6.45) is 5.76. The summed E-state index contributed by atoms with van der Waals surface area (Å²) in [4.78, 5) is 19.1. The highest BCUT2D eigenvalue weighted by molar-refractivity contribution is 5.99. The largest absolute Gasteiger partial charge is 0.497 e. The summed E-state index contributed by atoms with van der Waals surface area (Å²) >= 11 is 0. The van der Waals surface area contributed by atoms with E-state index in [0.29, 0.717) is 24.5 Å². The van der Waals surface area contributed by atoms with Crippen molar-refractivity contribution < 1.29 is 19.1 Å². The molecule has 1 aromatic carbocycles. The fraction of sp³-hybridized carbons (Fsp3) is 0.316. The molecule has 3 aromatic rings. The van der Waals surface area contributed by atoms with Crippen LogP contribution in [0.2, 0.25) is 0 Å². The highest BCUT2D eigenvalue weighted by Gasteiger charge is 2.14. The number of hydrogen-bond acceptors (Lipinski definition) is 6. The minimum atomic E-state index is -0.752. The Labute approximate surface area is 151 Å². The summed E-state index contributed by atoms with van der Waals surface area (Å²) in [7, 11) is 1.63. The maximum absolute atomic E-state index is 10.5. The number of fused-ring (bicyclic) bond motifs is 1. The molecule has 0 atom stereocenters. The minimum absolute atomic E-state index is 0.209. The Morgan fingerprint density at radius 2 is 2.00 bits per heavy atom. The van der Waals surface area contributed by atoms with Gasteiger partial charge in [0.15, 0.2) is 0 Å². The normalized spacial score (nSPS) is 10.8. The lowest BCUT2D eigenvalue weighted by Crippen LogP contribution is -2.04. The molecule has 0 bridgehead atoms. The monoisotopic (exact) mass is 355 g/mol. The molecule has 3 rings (SSSR count). The first-order chi connectivity index (χ1) is 12.7. The highest BCUT2D eigenvalue weighted by Crippen LogP contribution is 2.34. The van der Waals surface area contributed by atoms with Crippen LogP contribution in [0, 0.1) is 0 Å². The number of carboxylic acid groups (broad SMARTS) is 1. The number of carboxylic acids is 1. The molecule has 0 amide bonds. The summed E-state index contributed by atoms with van der Waals surface area (Å²) in [5, 5.41) is 12.8. The second kappa shape index (κ2) is 8.33. The van der Waals surface area contributed by atoms with Gasteiger partial charge in [0.2, 0.25) is 5.71 Å². The molecule has 26 heavy (non-hydrogen) atoms. The number of carbonyl (C=O) groups is 1. The van der Waals surface area contributed by atoms with Crippen LogP contribution in [0.4, 0.5) is 5.82 Å². The number of aliphatic carboxylic acids is 1. The lowest BCUT2D eigenvalue weighted by molar-refractivity contribution is -0.137. The molecule has 136 valence electrons. The molecule has 0 aliphatic heterocycles. The van der Waals surface area contributed by atoms with Crippen molar-refractivity contribution in [2.75, 3.05) is 19.0 Å². The Morgan fingerprint density at radius 1 is 1.19 bits per heavy atom. The number of rotatable bonds is 9. The van der Waals surface area contributed by atoms with Gasteiger partial charge in [0.1, 0.15) is 24.2 Å². The number of nitrogens with one attached hydrogen (secondary N) is 1. The van der Waals surface area contributed by atoms with Gasteiger partial charge in [-0.15, -0.1) is 0 Å². The maximum Gasteiger partial charge on any atom is 0.303 e. The molecule has 2 heterocycles. The van der Waals surface area contributed by atoms with Crippen molar-refractivity contribution in [2.45, 2.75) is 25.7 Å². The second-order valence-electron chi connectivity index (χ2n) is 5.91. The number of furan rings is 1. The Kier molecular flexibility index (Phi) is 5.68. The van der Waals surface area contributed by atoms with Gasteiger partial charge < -0.3 is 19.6 Å². The quantitative estimate of drug-likeness (QED) is 0.561. The number of nitrogens with zero attached hydrogens (tertiary/aromatic N) is 2. The molecule has 0 aliphatic carbocycles. The van der Waals surface area contributed by atoms with Crippen LogP contribution in [-0.2, 0) is 4.79 Å². The first-order valence-electron chi connectivity index (χ1n) is 8.51. The van der Waals surface area contributed by atoms with Gasteiger partial charge in [-0.05, 0) is 30.5 Å². The number of unbranched alkanes of at least 4 members (excludes halogenated alkanes) is 2. The predicted molar refractivity (Wildman–Crippen MR) is 98.4 cm³/mol. The molecule has 0 saturated carbocycles. The summed E-state index contributed by atoms with van der Waals surface area (Å²) < 4.78 is 10.8. The molecule has 0 radical (unpaired) electrons. The van der Waals surface area contributed by atoms with Crippen molar-refractivity contribution in [1.82, 2.24) is 9.97 Å². The van der Waals surface area contributed by atoms with Gasteiger partial charge in [0.25, 0.3) is 0 Å². The molecule has 7 heteroatoms. The first-order valence-corrected chi connectivity index (χ1v) is 8.51. The number of methoxy groups -OCH3 is 1. The van der Waals surface area contributed by atoms with Crippen LogP contribution in [0.15, 0.2) is 41.3 Å². The lowest BCUT2D eigenvalue weighted by atomic mass is 10.1. The van der Waals surface area contributed by atoms with E-state index in [4.69, 9.17) is 14.3 Å². The first kappa shape index (κ1) is 17.7. The van der Waals surface area contributed by atoms with Crippen molar-refractivity contribution in [2.24, 2.45) is 0 Å². The van der Waals surface area contributed by atoms with E-state index in [-0.39, 0.29) is 6.42 Å². The Bertz CT molecular complexity index is 874. The fourth-order valence-corrected chi connectivity index (χ4v) is 2.78. The Balaban J connectivity index is 1.74. The number of benzene rings is 1. The average Bonchev–Trinajstić information content (AvgIpc) is 3.09. The van der Waals surface area contributed by atoms with Crippen LogP contribution in [0.5, 0.6) is 5.75 Å². The van der Waals surface area contributed by atoms with Gasteiger partial charge >= 0.3 is 5.97 Å². The van der Waals surface area contributed by atoms with Crippen LogP contribution in [0.25, 0.3) is 22.2 Å². The topological polar surface area (TPSA) is 97.5 Å². The molecule has 0 saturated heterocycles. The van der Waals surface area contributed by atoms with E-state index < -0.39 is 5.97 Å². The average molecular weight is 355 g/mol. The van der Waals surface area contributed by atoms with Crippen molar-refractivity contribution in [3.63, 3.8) is 0 Å². The Hall–Kier alpha value is -3.09.